The number of amides is 1. The maximum Gasteiger partial charge on any atom is 0.241 e. The van der Waals surface area contributed by atoms with Crippen LogP contribution in [0.2, 0.25) is 0 Å². The summed E-state index contributed by atoms with van der Waals surface area (Å²) in [5.41, 5.74) is 0.758. The Morgan fingerprint density at radius 3 is 2.22 bits per heavy atom. The van der Waals surface area contributed by atoms with Crippen molar-refractivity contribution in [3.05, 3.63) is 24.3 Å². The zero-order valence-corrected chi connectivity index (χ0v) is 16.7. The van der Waals surface area contributed by atoms with Crippen molar-refractivity contribution in [2.75, 3.05) is 30.1 Å². The van der Waals surface area contributed by atoms with Gasteiger partial charge in [-0.25, -0.2) is 8.42 Å². The normalized spacial score (nSPS) is 29.4. The van der Waals surface area contributed by atoms with Crippen molar-refractivity contribution >= 4 is 21.4 Å². The predicted octanol–water partition coefficient (Wildman–Crippen LogP) is 2.23. The Bertz CT molecular complexity index is 785. The largest absolute Gasteiger partial charge is 0.497 e. The van der Waals surface area contributed by atoms with E-state index >= 15 is 0 Å². The molecule has 0 unspecified atom stereocenters. The Morgan fingerprint density at radius 2 is 1.59 bits per heavy atom. The lowest BCUT2D eigenvalue weighted by Crippen LogP contribution is -2.64. The van der Waals surface area contributed by atoms with Crippen molar-refractivity contribution in [3.63, 3.8) is 0 Å². The van der Waals surface area contributed by atoms with E-state index in [4.69, 9.17) is 4.74 Å². The quantitative estimate of drug-likeness (QED) is 0.738. The molecule has 27 heavy (non-hydrogen) atoms. The summed E-state index contributed by atoms with van der Waals surface area (Å²) in [5, 5.41) is 0. The summed E-state index contributed by atoms with van der Waals surface area (Å²) >= 11 is 0. The summed E-state index contributed by atoms with van der Waals surface area (Å²) in [5.74, 6) is 0.939. The lowest BCUT2D eigenvalue weighted by molar-refractivity contribution is -0.124. The fourth-order valence-electron chi connectivity index (χ4n) is 4.98. The second-order valence-corrected chi connectivity index (χ2v) is 10.1. The molecule has 1 saturated carbocycles. The van der Waals surface area contributed by atoms with Gasteiger partial charge in [-0.2, -0.15) is 0 Å². The molecule has 3 aliphatic rings. The minimum absolute atomic E-state index is 0.00256. The van der Waals surface area contributed by atoms with E-state index in [0.717, 1.165) is 24.3 Å². The highest BCUT2D eigenvalue weighted by Gasteiger charge is 2.51. The van der Waals surface area contributed by atoms with Crippen LogP contribution < -0.4 is 9.64 Å². The van der Waals surface area contributed by atoms with Crippen LogP contribution in [-0.2, 0) is 14.6 Å². The van der Waals surface area contributed by atoms with Crippen LogP contribution in [0.3, 0.4) is 0 Å². The molecule has 0 N–H and O–H groups in total. The molecular weight excluding hydrogens is 364 g/mol. The average Bonchev–Trinajstić information content (AvgIpc) is 2.82. The second kappa shape index (κ2) is 7.43. The molecule has 6 nitrogen and oxygen atoms in total. The number of benzene rings is 1. The van der Waals surface area contributed by atoms with Gasteiger partial charge in [0.25, 0.3) is 0 Å². The third kappa shape index (κ3) is 3.72. The number of methoxy groups -OCH3 is 1. The topological polar surface area (TPSA) is 66.9 Å². The number of piperazine rings is 1. The van der Waals surface area contributed by atoms with E-state index in [1.165, 1.54) is 25.7 Å². The zero-order chi connectivity index (χ0) is 19.0. The fraction of sp³-hybridized carbons (Fsp3) is 0.650. The van der Waals surface area contributed by atoms with Gasteiger partial charge in [-0.05, 0) is 37.1 Å². The van der Waals surface area contributed by atoms with Crippen molar-refractivity contribution in [2.24, 2.45) is 0 Å². The number of nitrogens with zero attached hydrogens (tertiary/aromatic N) is 2. The van der Waals surface area contributed by atoms with Gasteiger partial charge in [0, 0.05) is 17.8 Å². The lowest BCUT2D eigenvalue weighted by Gasteiger charge is -2.46. The summed E-state index contributed by atoms with van der Waals surface area (Å²) in [4.78, 5) is 17.0. The van der Waals surface area contributed by atoms with Gasteiger partial charge in [0.2, 0.25) is 5.91 Å². The first-order chi connectivity index (χ1) is 13.0. The van der Waals surface area contributed by atoms with Gasteiger partial charge >= 0.3 is 0 Å². The molecular formula is C20H28N2O4S. The van der Waals surface area contributed by atoms with Gasteiger partial charge in [0.1, 0.15) is 5.75 Å². The Labute approximate surface area is 161 Å². The van der Waals surface area contributed by atoms with Gasteiger partial charge in [-0.1, -0.05) is 25.7 Å². The molecule has 1 aromatic rings. The molecule has 2 atom stereocenters. The van der Waals surface area contributed by atoms with E-state index in [9.17, 15) is 13.2 Å². The first kappa shape index (κ1) is 18.7. The molecule has 3 fully saturated rings. The maximum atomic E-state index is 13.1. The van der Waals surface area contributed by atoms with Crippen molar-refractivity contribution in [2.45, 2.75) is 56.7 Å². The molecule has 0 spiro atoms. The lowest BCUT2D eigenvalue weighted by atomic mass is 9.97. The minimum atomic E-state index is -3.15. The van der Waals surface area contributed by atoms with Crippen LogP contribution in [0.1, 0.15) is 38.5 Å². The average molecular weight is 393 g/mol. The van der Waals surface area contributed by atoms with Crippen molar-refractivity contribution in [1.29, 1.82) is 0 Å². The Balaban J connectivity index is 1.65. The number of hydrogen-bond acceptors (Lipinski definition) is 5. The SMILES string of the molecule is COc1ccc(N2C(=O)CN(C3CCCCCC3)[C@H]3CS(=O)(=O)C[C@@H]32)cc1. The first-order valence-corrected chi connectivity index (χ1v) is 11.7. The number of hydrogen-bond donors (Lipinski definition) is 0. The van der Waals surface area contributed by atoms with Crippen molar-refractivity contribution in [1.82, 2.24) is 4.90 Å². The van der Waals surface area contributed by atoms with Crippen molar-refractivity contribution in [3.8, 4) is 5.75 Å². The van der Waals surface area contributed by atoms with Crippen LogP contribution in [0.15, 0.2) is 24.3 Å². The molecule has 2 saturated heterocycles. The third-order valence-corrected chi connectivity index (χ3v) is 7.98. The molecule has 0 radical (unpaired) electrons. The number of anilines is 1. The number of carbonyl (C=O) groups is 1. The van der Waals surface area contributed by atoms with E-state index in [2.05, 4.69) is 4.90 Å². The fourth-order valence-corrected chi connectivity index (χ4v) is 6.94. The number of fused-ring (bicyclic) bond motifs is 1. The highest BCUT2D eigenvalue weighted by atomic mass is 32.2. The molecule has 1 amide bonds. The standard InChI is InChI=1S/C20H28N2O4S/c1-26-17-10-8-16(9-11-17)22-19-14-27(24,25)13-18(19)21(12-20(22)23)15-6-4-2-3-5-7-15/h8-11,15,18-19H,2-7,12-14H2,1H3/t18-,19-/m0/s1. The summed E-state index contributed by atoms with van der Waals surface area (Å²) in [6.45, 7) is 0.313. The van der Waals surface area contributed by atoms with Gasteiger partial charge in [0.15, 0.2) is 9.84 Å². The van der Waals surface area contributed by atoms with Gasteiger partial charge in [-0.3, -0.25) is 9.69 Å². The van der Waals surface area contributed by atoms with Crippen LogP contribution in [-0.4, -0.2) is 62.5 Å². The van der Waals surface area contributed by atoms with Gasteiger partial charge in [0.05, 0.1) is 31.2 Å². The summed E-state index contributed by atoms with van der Waals surface area (Å²) in [7, 11) is -1.54. The number of sulfone groups is 1. The molecule has 0 aromatic heterocycles. The predicted molar refractivity (Wildman–Crippen MR) is 105 cm³/mol. The van der Waals surface area contributed by atoms with Crippen LogP contribution >= 0.6 is 0 Å². The van der Waals surface area contributed by atoms with Crippen LogP contribution in [0.25, 0.3) is 0 Å². The van der Waals surface area contributed by atoms with Crippen LogP contribution in [0, 0.1) is 0 Å². The van der Waals surface area contributed by atoms with E-state index < -0.39 is 9.84 Å². The van der Waals surface area contributed by atoms with E-state index in [-0.39, 0.29) is 29.5 Å². The summed E-state index contributed by atoms with van der Waals surface area (Å²) < 4.78 is 30.2. The Morgan fingerprint density at radius 1 is 0.963 bits per heavy atom. The number of carbonyl (C=O) groups excluding carboxylic acids is 1. The van der Waals surface area contributed by atoms with E-state index in [0.29, 0.717) is 12.6 Å². The summed E-state index contributed by atoms with van der Waals surface area (Å²) in [6.07, 6.45) is 6.95. The molecule has 1 aliphatic carbocycles. The highest BCUT2D eigenvalue weighted by Crippen LogP contribution is 2.35. The highest BCUT2D eigenvalue weighted by molar-refractivity contribution is 7.91. The zero-order valence-electron chi connectivity index (χ0n) is 15.8. The summed E-state index contributed by atoms with van der Waals surface area (Å²) in [6, 6.07) is 7.26. The molecule has 7 heteroatoms. The van der Waals surface area contributed by atoms with Crippen LogP contribution in [0.4, 0.5) is 5.69 Å². The molecule has 2 heterocycles. The van der Waals surface area contributed by atoms with Crippen molar-refractivity contribution < 1.29 is 17.9 Å². The number of rotatable bonds is 3. The first-order valence-electron chi connectivity index (χ1n) is 9.91. The molecule has 2 aliphatic heterocycles. The molecule has 1 aromatic carbocycles. The minimum Gasteiger partial charge on any atom is -0.497 e. The van der Waals surface area contributed by atoms with Gasteiger partial charge in [-0.15, -0.1) is 0 Å². The Kier molecular flexibility index (Phi) is 5.16. The van der Waals surface area contributed by atoms with E-state index in [1.807, 2.05) is 24.3 Å². The molecule has 0 bridgehead atoms. The molecule has 4 rings (SSSR count). The maximum absolute atomic E-state index is 13.1. The van der Waals surface area contributed by atoms with E-state index in [1.54, 1.807) is 12.0 Å². The third-order valence-electron chi connectivity index (χ3n) is 6.28. The van der Waals surface area contributed by atoms with Crippen LogP contribution in [0.5, 0.6) is 5.75 Å². The Hall–Kier alpha value is -1.60. The molecule has 148 valence electrons. The number of ether oxygens (including phenoxy) is 1. The van der Waals surface area contributed by atoms with Gasteiger partial charge < -0.3 is 9.64 Å². The smallest absolute Gasteiger partial charge is 0.241 e. The second-order valence-electron chi connectivity index (χ2n) is 7.99. The monoisotopic (exact) mass is 392 g/mol.